The van der Waals surface area contributed by atoms with Crippen molar-refractivity contribution in [3.8, 4) is 45.3 Å². The van der Waals surface area contributed by atoms with Crippen LogP contribution in [0.3, 0.4) is 0 Å². The van der Waals surface area contributed by atoms with E-state index in [2.05, 4.69) is 115 Å². The van der Waals surface area contributed by atoms with Gasteiger partial charge in [0.2, 0.25) is 0 Å². The molecular weight excluding hydrogens is 687 g/mol. The lowest BCUT2D eigenvalue weighted by molar-refractivity contribution is 0.669. The van der Waals surface area contributed by atoms with Gasteiger partial charge in [-0.1, -0.05) is 146 Å². The van der Waals surface area contributed by atoms with E-state index in [0.29, 0.717) is 17.5 Å². The molecule has 0 aliphatic carbocycles. The van der Waals surface area contributed by atoms with Crippen molar-refractivity contribution in [2.24, 2.45) is 0 Å². The maximum Gasteiger partial charge on any atom is 0.164 e. The Hall–Kier alpha value is -7.63. The number of aromatic nitrogens is 3. The van der Waals surface area contributed by atoms with E-state index in [0.717, 1.165) is 71.7 Å². The number of nitrogens with zero attached hydrogens (tertiary/aromatic N) is 3. The van der Waals surface area contributed by atoms with Gasteiger partial charge in [-0.15, -0.1) is 0 Å². The molecule has 0 aliphatic rings. The quantitative estimate of drug-likeness (QED) is 0.170. The lowest BCUT2D eigenvalue weighted by atomic mass is 9.92. The zero-order valence-corrected chi connectivity index (χ0v) is 29.9. The highest BCUT2D eigenvalue weighted by Crippen LogP contribution is 2.42. The first-order chi connectivity index (χ1) is 27.7. The second kappa shape index (κ2) is 11.9. The molecule has 0 atom stereocenters. The van der Waals surface area contributed by atoms with E-state index in [-0.39, 0.29) is 0 Å². The van der Waals surface area contributed by atoms with E-state index in [9.17, 15) is 0 Å². The van der Waals surface area contributed by atoms with Crippen LogP contribution in [0.2, 0.25) is 0 Å². The molecule has 12 rings (SSSR count). The van der Waals surface area contributed by atoms with Crippen LogP contribution in [0.15, 0.2) is 185 Å². The van der Waals surface area contributed by atoms with Gasteiger partial charge in [-0.05, 0) is 68.2 Å². The van der Waals surface area contributed by atoms with Crippen LogP contribution < -0.4 is 0 Å². The molecule has 0 unspecified atom stereocenters. The normalized spacial score (nSPS) is 11.9. The van der Waals surface area contributed by atoms with Gasteiger partial charge in [0, 0.05) is 43.8 Å². The highest BCUT2D eigenvalue weighted by Gasteiger charge is 2.20. The molecule has 3 aromatic heterocycles. The molecule has 0 bridgehead atoms. The highest BCUT2D eigenvalue weighted by molar-refractivity contribution is 6.26. The lowest BCUT2D eigenvalue weighted by Gasteiger charge is -2.12. The van der Waals surface area contributed by atoms with Crippen molar-refractivity contribution in [2.45, 2.75) is 0 Å². The molecule has 3 heterocycles. The molecule has 5 heteroatoms. The Bertz CT molecular complexity index is 3510. The van der Waals surface area contributed by atoms with Gasteiger partial charge < -0.3 is 8.83 Å². The van der Waals surface area contributed by atoms with E-state index >= 15 is 0 Å². The summed E-state index contributed by atoms with van der Waals surface area (Å²) < 4.78 is 13.0. The van der Waals surface area contributed by atoms with Crippen molar-refractivity contribution in [3.05, 3.63) is 176 Å². The second-order valence-corrected chi connectivity index (χ2v) is 14.3. The Morgan fingerprint density at radius 1 is 0.286 bits per heavy atom. The molecule has 0 aliphatic heterocycles. The standard InChI is InChI=1S/C51H29N3O2/c1-2-12-30(13-3-1)49-52-50(54-51(53-49)42-21-11-23-45-47(42)41-18-8-9-22-44(41)55-45)32-25-27-39-40-20-10-19-33(48(40)56-46(39)29-32)31-24-26-38-36-16-5-4-14-34(36)35-15-6-7-17-37(35)43(38)28-31/h1-29H. The molecule has 56 heavy (non-hydrogen) atoms. The van der Waals surface area contributed by atoms with Gasteiger partial charge in [-0.3, -0.25) is 0 Å². The van der Waals surface area contributed by atoms with E-state index in [1.165, 1.54) is 32.3 Å². The molecule has 0 saturated carbocycles. The van der Waals surface area contributed by atoms with Gasteiger partial charge in [-0.25, -0.2) is 15.0 Å². The minimum Gasteiger partial charge on any atom is -0.456 e. The topological polar surface area (TPSA) is 65.0 Å². The Balaban J connectivity index is 1.03. The van der Waals surface area contributed by atoms with Gasteiger partial charge >= 0.3 is 0 Å². The summed E-state index contributed by atoms with van der Waals surface area (Å²) in [5.41, 5.74) is 8.04. The summed E-state index contributed by atoms with van der Waals surface area (Å²) in [6, 6.07) is 61.0. The van der Waals surface area contributed by atoms with Crippen LogP contribution in [-0.4, -0.2) is 15.0 Å². The van der Waals surface area contributed by atoms with Gasteiger partial charge in [-0.2, -0.15) is 0 Å². The minimum absolute atomic E-state index is 0.565. The molecule has 5 nitrogen and oxygen atoms in total. The van der Waals surface area contributed by atoms with Gasteiger partial charge in [0.15, 0.2) is 17.5 Å². The zero-order valence-electron chi connectivity index (χ0n) is 29.9. The fourth-order valence-corrected chi connectivity index (χ4v) is 8.54. The number of fused-ring (bicyclic) bond motifs is 12. The lowest BCUT2D eigenvalue weighted by Crippen LogP contribution is -2.00. The average Bonchev–Trinajstić information content (AvgIpc) is 3.85. The number of hydrogen-bond donors (Lipinski definition) is 0. The van der Waals surface area contributed by atoms with Crippen molar-refractivity contribution in [1.29, 1.82) is 0 Å². The third-order valence-corrected chi connectivity index (χ3v) is 11.1. The summed E-state index contributed by atoms with van der Waals surface area (Å²) in [6.07, 6.45) is 0. The van der Waals surface area contributed by atoms with Gasteiger partial charge in [0.05, 0.1) is 0 Å². The summed E-state index contributed by atoms with van der Waals surface area (Å²) in [4.78, 5) is 15.2. The smallest absolute Gasteiger partial charge is 0.164 e. The second-order valence-electron chi connectivity index (χ2n) is 14.3. The fraction of sp³-hybridized carbons (Fsp3) is 0. The highest BCUT2D eigenvalue weighted by atomic mass is 16.3. The number of rotatable bonds is 4. The first kappa shape index (κ1) is 30.8. The molecule has 260 valence electrons. The van der Waals surface area contributed by atoms with Crippen molar-refractivity contribution in [3.63, 3.8) is 0 Å². The van der Waals surface area contributed by atoms with Crippen LogP contribution >= 0.6 is 0 Å². The Kier molecular flexibility index (Phi) is 6.56. The Labute approximate surface area is 320 Å². The largest absolute Gasteiger partial charge is 0.456 e. The summed E-state index contributed by atoms with van der Waals surface area (Å²) in [7, 11) is 0. The molecule has 9 aromatic carbocycles. The van der Waals surface area contributed by atoms with Crippen molar-refractivity contribution >= 4 is 76.2 Å². The van der Waals surface area contributed by atoms with Crippen LogP contribution in [0.25, 0.3) is 121 Å². The minimum atomic E-state index is 0.565. The third kappa shape index (κ3) is 4.64. The van der Waals surface area contributed by atoms with E-state index < -0.39 is 0 Å². The predicted octanol–water partition coefficient (Wildman–Crippen LogP) is 13.8. The van der Waals surface area contributed by atoms with Crippen LogP contribution in [0.5, 0.6) is 0 Å². The fourth-order valence-electron chi connectivity index (χ4n) is 8.54. The molecule has 0 fully saturated rings. The van der Waals surface area contributed by atoms with Crippen LogP contribution in [-0.2, 0) is 0 Å². The van der Waals surface area contributed by atoms with Crippen LogP contribution in [0.1, 0.15) is 0 Å². The number of hydrogen-bond acceptors (Lipinski definition) is 5. The SMILES string of the molecule is c1ccc(-c2nc(-c3ccc4c(c3)oc3c(-c5ccc6c7ccccc7c7ccccc7c6c5)cccc34)nc(-c3cccc4oc5ccccc5c34)n2)cc1. The molecule has 0 amide bonds. The number of furan rings is 2. The Morgan fingerprint density at radius 3 is 1.62 bits per heavy atom. The number of para-hydroxylation sites is 2. The molecule has 0 N–H and O–H groups in total. The third-order valence-electron chi connectivity index (χ3n) is 11.1. The van der Waals surface area contributed by atoms with Crippen LogP contribution in [0.4, 0.5) is 0 Å². The monoisotopic (exact) mass is 715 g/mol. The first-order valence-corrected chi connectivity index (χ1v) is 18.8. The molecule has 12 aromatic rings. The summed E-state index contributed by atoms with van der Waals surface area (Å²) >= 11 is 0. The van der Waals surface area contributed by atoms with Crippen molar-refractivity contribution < 1.29 is 8.83 Å². The van der Waals surface area contributed by atoms with E-state index in [1.807, 2.05) is 60.7 Å². The Morgan fingerprint density at radius 2 is 0.839 bits per heavy atom. The van der Waals surface area contributed by atoms with Gasteiger partial charge in [0.1, 0.15) is 22.3 Å². The predicted molar refractivity (Wildman–Crippen MR) is 229 cm³/mol. The van der Waals surface area contributed by atoms with Gasteiger partial charge in [0.25, 0.3) is 0 Å². The molecule has 0 spiro atoms. The summed E-state index contributed by atoms with van der Waals surface area (Å²) in [6.45, 7) is 0. The van der Waals surface area contributed by atoms with Crippen molar-refractivity contribution in [2.75, 3.05) is 0 Å². The molecule has 0 radical (unpaired) electrons. The first-order valence-electron chi connectivity index (χ1n) is 18.8. The molecular formula is C51H29N3O2. The zero-order chi connectivity index (χ0) is 36.7. The maximum atomic E-state index is 6.81. The van der Waals surface area contributed by atoms with Crippen LogP contribution in [0, 0.1) is 0 Å². The molecule has 0 saturated heterocycles. The number of benzene rings is 9. The van der Waals surface area contributed by atoms with Crippen molar-refractivity contribution in [1.82, 2.24) is 15.0 Å². The summed E-state index contributed by atoms with van der Waals surface area (Å²) in [5, 5.41) is 11.6. The van der Waals surface area contributed by atoms with E-state index in [1.54, 1.807) is 0 Å². The van der Waals surface area contributed by atoms with E-state index in [4.69, 9.17) is 23.8 Å². The maximum absolute atomic E-state index is 6.81. The summed E-state index contributed by atoms with van der Waals surface area (Å²) in [5.74, 6) is 1.74. The average molecular weight is 716 g/mol.